The topological polar surface area (TPSA) is 12.5 Å². The molecule has 0 radical (unpaired) electrons. The van der Waals surface area contributed by atoms with Crippen LogP contribution >= 0.6 is 0 Å². The van der Waals surface area contributed by atoms with Gasteiger partial charge in [0.05, 0.1) is 7.11 Å². The lowest BCUT2D eigenvalue weighted by Crippen LogP contribution is -2.31. The summed E-state index contributed by atoms with van der Waals surface area (Å²) in [5.41, 5.74) is 4.79. The van der Waals surface area contributed by atoms with Gasteiger partial charge in [0, 0.05) is 24.6 Å². The number of fused-ring (bicyclic) bond motifs is 1. The first kappa shape index (κ1) is 20.5. The van der Waals surface area contributed by atoms with E-state index in [0.717, 1.165) is 55.8 Å². The summed E-state index contributed by atoms with van der Waals surface area (Å²) in [4.78, 5) is 2.47. The molecule has 4 rings (SSSR count). The van der Waals surface area contributed by atoms with E-state index in [1.807, 2.05) is 30.3 Å². The SMILES string of the molecule is COc1cccc2c1CN(CCCC(c1ccc(F)cc1)c1ccc(F)cc1)CC2. The maximum absolute atomic E-state index is 13.4. The second kappa shape index (κ2) is 9.40. The van der Waals surface area contributed by atoms with E-state index >= 15 is 0 Å². The van der Waals surface area contributed by atoms with Crippen molar-refractivity contribution in [2.45, 2.75) is 31.7 Å². The van der Waals surface area contributed by atoms with E-state index in [1.165, 1.54) is 35.4 Å². The van der Waals surface area contributed by atoms with Gasteiger partial charge in [-0.05, 0) is 72.8 Å². The third-order valence-corrected chi connectivity index (χ3v) is 6.04. The van der Waals surface area contributed by atoms with Crippen LogP contribution in [0.3, 0.4) is 0 Å². The largest absolute Gasteiger partial charge is 0.496 e. The average Bonchev–Trinajstić information content (AvgIpc) is 2.78. The number of ether oxygens (including phenoxy) is 1. The lowest BCUT2D eigenvalue weighted by Gasteiger charge is -2.30. The zero-order valence-electron chi connectivity index (χ0n) is 17.3. The van der Waals surface area contributed by atoms with Crippen LogP contribution in [0.5, 0.6) is 5.75 Å². The highest BCUT2D eigenvalue weighted by molar-refractivity contribution is 5.41. The van der Waals surface area contributed by atoms with Crippen LogP contribution in [-0.4, -0.2) is 25.1 Å². The standard InChI is InChI=1S/C26H27F2NO/c1-30-26-6-2-4-19-15-17-29(18-25(19)26)16-3-5-24(20-7-11-22(27)12-8-20)21-9-13-23(28)14-10-21/h2,4,6-14,24H,3,5,15-18H2,1H3. The molecule has 0 saturated heterocycles. The molecule has 0 aliphatic carbocycles. The highest BCUT2D eigenvalue weighted by Crippen LogP contribution is 2.31. The van der Waals surface area contributed by atoms with Crippen LogP contribution in [0.4, 0.5) is 8.78 Å². The monoisotopic (exact) mass is 407 g/mol. The third-order valence-electron chi connectivity index (χ3n) is 6.04. The molecule has 0 atom stereocenters. The molecule has 0 unspecified atom stereocenters. The van der Waals surface area contributed by atoms with Crippen LogP contribution in [0.1, 0.15) is 41.0 Å². The molecule has 0 aromatic heterocycles. The van der Waals surface area contributed by atoms with Gasteiger partial charge in [-0.1, -0.05) is 36.4 Å². The summed E-state index contributed by atoms with van der Waals surface area (Å²) in [6, 6.07) is 19.6. The lowest BCUT2D eigenvalue weighted by molar-refractivity contribution is 0.242. The number of nitrogens with zero attached hydrogens (tertiary/aromatic N) is 1. The molecule has 0 bridgehead atoms. The molecule has 1 heterocycles. The Bertz CT molecular complexity index is 910. The van der Waals surface area contributed by atoms with Gasteiger partial charge in [0.15, 0.2) is 0 Å². The zero-order chi connectivity index (χ0) is 20.9. The Kier molecular flexibility index (Phi) is 6.44. The predicted octanol–water partition coefficient (Wildman–Crippen LogP) is 5.94. The molecule has 2 nitrogen and oxygen atoms in total. The first-order valence-corrected chi connectivity index (χ1v) is 10.5. The minimum Gasteiger partial charge on any atom is -0.496 e. The van der Waals surface area contributed by atoms with Crippen molar-refractivity contribution in [2.75, 3.05) is 20.2 Å². The van der Waals surface area contributed by atoms with Gasteiger partial charge in [0.1, 0.15) is 17.4 Å². The number of hydrogen-bond donors (Lipinski definition) is 0. The predicted molar refractivity (Wildman–Crippen MR) is 116 cm³/mol. The molecule has 1 aliphatic rings. The zero-order valence-corrected chi connectivity index (χ0v) is 17.3. The first-order chi connectivity index (χ1) is 14.6. The molecule has 156 valence electrons. The highest BCUT2D eigenvalue weighted by atomic mass is 19.1. The van der Waals surface area contributed by atoms with E-state index < -0.39 is 0 Å². The molecule has 0 spiro atoms. The van der Waals surface area contributed by atoms with Crippen molar-refractivity contribution in [3.8, 4) is 5.75 Å². The fourth-order valence-electron chi connectivity index (χ4n) is 4.42. The molecule has 1 aliphatic heterocycles. The van der Waals surface area contributed by atoms with Crippen molar-refractivity contribution in [3.05, 3.63) is 101 Å². The molecule has 0 saturated carbocycles. The summed E-state index contributed by atoms with van der Waals surface area (Å²) in [5.74, 6) is 0.612. The Balaban J connectivity index is 1.44. The van der Waals surface area contributed by atoms with Crippen molar-refractivity contribution in [2.24, 2.45) is 0 Å². The van der Waals surface area contributed by atoms with Crippen molar-refractivity contribution in [1.29, 1.82) is 0 Å². The number of benzene rings is 3. The van der Waals surface area contributed by atoms with E-state index in [-0.39, 0.29) is 17.6 Å². The second-order valence-corrected chi connectivity index (χ2v) is 7.92. The van der Waals surface area contributed by atoms with Crippen molar-refractivity contribution >= 4 is 0 Å². The summed E-state index contributed by atoms with van der Waals surface area (Å²) in [5, 5.41) is 0. The molecular weight excluding hydrogens is 380 g/mol. The van der Waals surface area contributed by atoms with Gasteiger partial charge < -0.3 is 4.74 Å². The normalized spacial score (nSPS) is 14.0. The Morgan fingerprint density at radius 3 is 2.13 bits per heavy atom. The molecule has 3 aromatic carbocycles. The van der Waals surface area contributed by atoms with E-state index in [1.54, 1.807) is 7.11 Å². The lowest BCUT2D eigenvalue weighted by atomic mass is 9.87. The Hall–Kier alpha value is -2.72. The fourth-order valence-corrected chi connectivity index (χ4v) is 4.42. The molecule has 0 amide bonds. The highest BCUT2D eigenvalue weighted by Gasteiger charge is 2.20. The molecule has 4 heteroatoms. The van der Waals surface area contributed by atoms with Crippen molar-refractivity contribution in [3.63, 3.8) is 0 Å². The van der Waals surface area contributed by atoms with Gasteiger partial charge in [-0.15, -0.1) is 0 Å². The van der Waals surface area contributed by atoms with Crippen LogP contribution in [0.15, 0.2) is 66.7 Å². The summed E-state index contributed by atoms with van der Waals surface area (Å²) in [6.07, 6.45) is 2.96. The van der Waals surface area contributed by atoms with Crippen molar-refractivity contribution < 1.29 is 13.5 Å². The van der Waals surface area contributed by atoms with Crippen LogP contribution in [-0.2, 0) is 13.0 Å². The Morgan fingerprint density at radius 1 is 0.900 bits per heavy atom. The smallest absolute Gasteiger partial charge is 0.123 e. The number of halogens is 2. The number of methoxy groups -OCH3 is 1. The maximum atomic E-state index is 13.4. The third kappa shape index (κ3) is 4.71. The molecule has 3 aromatic rings. The summed E-state index contributed by atoms with van der Waals surface area (Å²) < 4.78 is 32.4. The quantitative estimate of drug-likeness (QED) is 0.480. The van der Waals surface area contributed by atoms with Crippen LogP contribution < -0.4 is 4.74 Å². The minimum absolute atomic E-state index is 0.123. The maximum Gasteiger partial charge on any atom is 0.123 e. The van der Waals surface area contributed by atoms with E-state index in [0.29, 0.717) is 0 Å². The minimum atomic E-state index is -0.238. The summed E-state index contributed by atoms with van der Waals surface area (Å²) in [7, 11) is 1.73. The molecule has 30 heavy (non-hydrogen) atoms. The van der Waals surface area contributed by atoms with Gasteiger partial charge >= 0.3 is 0 Å². The van der Waals surface area contributed by atoms with Crippen LogP contribution in [0, 0.1) is 11.6 Å². The first-order valence-electron chi connectivity index (χ1n) is 10.5. The average molecular weight is 408 g/mol. The van der Waals surface area contributed by atoms with E-state index in [2.05, 4.69) is 17.0 Å². The molecule has 0 N–H and O–H groups in total. The van der Waals surface area contributed by atoms with Gasteiger partial charge in [-0.3, -0.25) is 4.90 Å². The summed E-state index contributed by atoms with van der Waals surface area (Å²) >= 11 is 0. The van der Waals surface area contributed by atoms with Crippen LogP contribution in [0.2, 0.25) is 0 Å². The van der Waals surface area contributed by atoms with Gasteiger partial charge in [0.25, 0.3) is 0 Å². The fraction of sp³-hybridized carbons (Fsp3) is 0.308. The second-order valence-electron chi connectivity index (χ2n) is 7.92. The number of rotatable bonds is 7. The summed E-state index contributed by atoms with van der Waals surface area (Å²) in [6.45, 7) is 2.92. The Morgan fingerprint density at radius 2 is 1.53 bits per heavy atom. The number of hydrogen-bond acceptors (Lipinski definition) is 2. The van der Waals surface area contributed by atoms with E-state index in [4.69, 9.17) is 4.74 Å². The van der Waals surface area contributed by atoms with Crippen LogP contribution in [0.25, 0.3) is 0 Å². The van der Waals surface area contributed by atoms with Gasteiger partial charge in [-0.25, -0.2) is 8.78 Å². The van der Waals surface area contributed by atoms with Gasteiger partial charge in [0.2, 0.25) is 0 Å². The van der Waals surface area contributed by atoms with Gasteiger partial charge in [-0.2, -0.15) is 0 Å². The Labute approximate surface area is 177 Å². The molecular formula is C26H27F2NO. The van der Waals surface area contributed by atoms with Crippen molar-refractivity contribution in [1.82, 2.24) is 4.90 Å². The molecule has 0 fully saturated rings. The van der Waals surface area contributed by atoms with E-state index in [9.17, 15) is 8.78 Å².